The lowest BCUT2D eigenvalue weighted by Gasteiger charge is -2.08. The normalized spacial score (nSPS) is 15.9. The second kappa shape index (κ2) is 10.8. The quantitative estimate of drug-likeness (QED) is 0.287. The summed E-state index contributed by atoms with van der Waals surface area (Å²) < 4.78 is 5.68. The Balaban J connectivity index is 1.20. The van der Waals surface area contributed by atoms with Gasteiger partial charge in [-0.25, -0.2) is 0 Å². The Kier molecular flexibility index (Phi) is 7.36. The number of nitrogens with one attached hydrogen (secondary N) is 1. The van der Waals surface area contributed by atoms with Crippen LogP contribution in [0.1, 0.15) is 18.1 Å². The van der Waals surface area contributed by atoms with E-state index in [-0.39, 0.29) is 16.4 Å². The minimum absolute atomic E-state index is 0.234. The molecule has 3 aromatic rings. The summed E-state index contributed by atoms with van der Waals surface area (Å²) in [5.41, 5.74) is 4.90. The first kappa shape index (κ1) is 22.5. The van der Waals surface area contributed by atoms with E-state index in [1.807, 2.05) is 73.8 Å². The van der Waals surface area contributed by atoms with Gasteiger partial charge in [0.25, 0.3) is 5.24 Å². The number of imide groups is 1. The van der Waals surface area contributed by atoms with Crippen LogP contribution in [0.15, 0.2) is 78.2 Å². The first-order valence-corrected chi connectivity index (χ1v) is 11.4. The van der Waals surface area contributed by atoms with Gasteiger partial charge in [-0.3, -0.25) is 19.9 Å². The minimum atomic E-state index is -0.370. The van der Waals surface area contributed by atoms with E-state index in [9.17, 15) is 9.59 Å². The standard InChI is InChI=1S/C25H23N3O4S/c1-17(19-6-8-20(9-7-19)21-3-2-12-26-16-21)28-32-14-13-31-22-10-4-18(5-11-22)15-23-24(29)27-25(30)33-23/h2-12,16,23H,13-15H2,1H3,(H,27,29,30)/b28-17+. The van der Waals surface area contributed by atoms with Crippen LogP contribution < -0.4 is 10.1 Å². The summed E-state index contributed by atoms with van der Waals surface area (Å²) in [6, 6.07) is 19.5. The first-order chi connectivity index (χ1) is 16.1. The minimum Gasteiger partial charge on any atom is -0.490 e. The SMILES string of the molecule is C/C(=N\OCCOc1ccc(CC2SC(=O)NC2=O)cc1)c1ccc(-c2cccnc2)cc1. The van der Waals surface area contributed by atoms with Crippen molar-refractivity contribution in [1.29, 1.82) is 0 Å². The van der Waals surface area contributed by atoms with Crippen molar-refractivity contribution in [2.75, 3.05) is 13.2 Å². The number of carbonyl (C=O) groups excluding carboxylic acids is 2. The largest absolute Gasteiger partial charge is 0.490 e. The van der Waals surface area contributed by atoms with Gasteiger partial charge in [0.1, 0.15) is 12.4 Å². The highest BCUT2D eigenvalue weighted by Crippen LogP contribution is 2.24. The molecule has 1 N–H and O–H groups in total. The van der Waals surface area contributed by atoms with Gasteiger partial charge in [-0.05, 0) is 53.8 Å². The zero-order valence-corrected chi connectivity index (χ0v) is 18.9. The fraction of sp³-hybridized carbons (Fsp3) is 0.200. The Bertz CT molecular complexity index is 1130. The maximum Gasteiger partial charge on any atom is 0.286 e. The molecule has 33 heavy (non-hydrogen) atoms. The molecule has 0 saturated carbocycles. The van der Waals surface area contributed by atoms with Crippen molar-refractivity contribution in [3.05, 3.63) is 84.2 Å². The van der Waals surface area contributed by atoms with Gasteiger partial charge in [0.05, 0.1) is 11.0 Å². The maximum absolute atomic E-state index is 11.7. The number of hydrogen-bond acceptors (Lipinski definition) is 7. The van der Waals surface area contributed by atoms with Crippen LogP contribution in [0.3, 0.4) is 0 Å². The molecule has 0 bridgehead atoms. The summed E-state index contributed by atoms with van der Waals surface area (Å²) in [4.78, 5) is 32.5. The van der Waals surface area contributed by atoms with E-state index in [4.69, 9.17) is 9.57 Å². The summed E-state index contributed by atoms with van der Waals surface area (Å²) in [6.07, 6.45) is 4.09. The molecule has 1 unspecified atom stereocenters. The molecular formula is C25H23N3O4S. The molecule has 4 rings (SSSR count). The number of nitrogens with zero attached hydrogens (tertiary/aromatic N) is 2. The summed E-state index contributed by atoms with van der Waals surface area (Å²) in [5.74, 6) is 0.469. The lowest BCUT2D eigenvalue weighted by molar-refractivity contribution is -0.118. The number of ether oxygens (including phenoxy) is 1. The molecule has 0 aliphatic carbocycles. The molecule has 1 aliphatic rings. The molecule has 0 radical (unpaired) electrons. The second-order valence-corrected chi connectivity index (χ2v) is 8.58. The third kappa shape index (κ3) is 6.20. The lowest BCUT2D eigenvalue weighted by Crippen LogP contribution is -2.25. The average Bonchev–Trinajstić information content (AvgIpc) is 3.16. The summed E-state index contributed by atoms with van der Waals surface area (Å²) >= 11 is 1.03. The number of hydrogen-bond donors (Lipinski definition) is 1. The van der Waals surface area contributed by atoms with Crippen molar-refractivity contribution in [1.82, 2.24) is 10.3 Å². The van der Waals surface area contributed by atoms with Crippen molar-refractivity contribution in [2.45, 2.75) is 18.6 Å². The Labute approximate surface area is 196 Å². The molecule has 2 heterocycles. The maximum atomic E-state index is 11.7. The second-order valence-electron chi connectivity index (χ2n) is 7.41. The van der Waals surface area contributed by atoms with E-state index in [1.54, 1.807) is 6.20 Å². The Morgan fingerprint density at radius 2 is 1.82 bits per heavy atom. The van der Waals surface area contributed by atoms with Crippen LogP contribution in [0.5, 0.6) is 5.75 Å². The van der Waals surface area contributed by atoms with Crippen LogP contribution in [0.2, 0.25) is 0 Å². The lowest BCUT2D eigenvalue weighted by atomic mass is 10.0. The molecular weight excluding hydrogens is 438 g/mol. The summed E-state index contributed by atoms with van der Waals surface area (Å²) in [7, 11) is 0. The number of benzene rings is 2. The molecule has 1 aromatic heterocycles. The number of pyridine rings is 1. The molecule has 2 aromatic carbocycles. The Morgan fingerprint density at radius 1 is 1.03 bits per heavy atom. The fourth-order valence-electron chi connectivity index (χ4n) is 3.29. The molecule has 1 atom stereocenters. The Morgan fingerprint density at radius 3 is 2.48 bits per heavy atom. The fourth-order valence-corrected chi connectivity index (χ4v) is 4.15. The highest BCUT2D eigenvalue weighted by atomic mass is 32.2. The van der Waals surface area contributed by atoms with Gasteiger partial charge in [-0.2, -0.15) is 0 Å². The Hall–Kier alpha value is -3.65. The molecule has 2 amide bonds. The van der Waals surface area contributed by atoms with E-state index in [0.717, 1.165) is 39.7 Å². The third-order valence-corrected chi connectivity index (χ3v) is 6.04. The predicted molar refractivity (Wildman–Crippen MR) is 128 cm³/mol. The number of amides is 2. The van der Waals surface area contributed by atoms with Gasteiger partial charge in [-0.1, -0.05) is 59.4 Å². The van der Waals surface area contributed by atoms with Crippen LogP contribution >= 0.6 is 11.8 Å². The summed E-state index contributed by atoms with van der Waals surface area (Å²) in [5, 5.41) is 5.81. The van der Waals surface area contributed by atoms with E-state index in [1.165, 1.54) is 0 Å². The van der Waals surface area contributed by atoms with E-state index >= 15 is 0 Å². The average molecular weight is 462 g/mol. The van der Waals surface area contributed by atoms with Crippen molar-refractivity contribution in [2.24, 2.45) is 5.16 Å². The number of rotatable bonds is 9. The van der Waals surface area contributed by atoms with Crippen molar-refractivity contribution >= 4 is 28.6 Å². The van der Waals surface area contributed by atoms with Crippen molar-refractivity contribution in [3.8, 4) is 16.9 Å². The van der Waals surface area contributed by atoms with Gasteiger partial charge in [0.15, 0.2) is 6.61 Å². The zero-order chi connectivity index (χ0) is 23.0. The van der Waals surface area contributed by atoms with E-state index < -0.39 is 0 Å². The third-order valence-electron chi connectivity index (χ3n) is 5.05. The van der Waals surface area contributed by atoms with Crippen LogP contribution in [0.4, 0.5) is 4.79 Å². The van der Waals surface area contributed by atoms with E-state index in [0.29, 0.717) is 25.4 Å². The van der Waals surface area contributed by atoms with Gasteiger partial charge in [0.2, 0.25) is 5.91 Å². The van der Waals surface area contributed by atoms with Crippen LogP contribution in [-0.2, 0) is 16.1 Å². The molecule has 1 fully saturated rings. The first-order valence-electron chi connectivity index (χ1n) is 10.5. The summed E-state index contributed by atoms with van der Waals surface area (Å²) in [6.45, 7) is 2.56. The van der Waals surface area contributed by atoms with Gasteiger partial charge in [0, 0.05) is 12.4 Å². The number of thioether (sulfide) groups is 1. The van der Waals surface area contributed by atoms with Crippen LogP contribution in [-0.4, -0.2) is 40.3 Å². The highest BCUT2D eigenvalue weighted by molar-refractivity contribution is 8.15. The predicted octanol–water partition coefficient (Wildman–Crippen LogP) is 4.46. The number of carbonyl (C=O) groups is 2. The highest BCUT2D eigenvalue weighted by Gasteiger charge is 2.31. The monoisotopic (exact) mass is 461 g/mol. The van der Waals surface area contributed by atoms with Crippen molar-refractivity contribution in [3.63, 3.8) is 0 Å². The molecule has 7 nitrogen and oxygen atoms in total. The topological polar surface area (TPSA) is 89.9 Å². The smallest absolute Gasteiger partial charge is 0.286 e. The number of oxime groups is 1. The molecule has 168 valence electrons. The molecule has 8 heteroatoms. The van der Waals surface area contributed by atoms with Crippen LogP contribution in [0, 0.1) is 0 Å². The molecule has 1 saturated heterocycles. The van der Waals surface area contributed by atoms with E-state index in [2.05, 4.69) is 15.5 Å². The van der Waals surface area contributed by atoms with Crippen LogP contribution in [0.25, 0.3) is 11.1 Å². The van der Waals surface area contributed by atoms with Gasteiger partial charge >= 0.3 is 0 Å². The molecule has 0 spiro atoms. The zero-order valence-electron chi connectivity index (χ0n) is 18.1. The van der Waals surface area contributed by atoms with Gasteiger partial charge in [-0.15, -0.1) is 0 Å². The van der Waals surface area contributed by atoms with Gasteiger partial charge < -0.3 is 9.57 Å². The number of aromatic nitrogens is 1. The van der Waals surface area contributed by atoms with Crippen molar-refractivity contribution < 1.29 is 19.2 Å². The molecule has 1 aliphatic heterocycles.